The zero-order valence-corrected chi connectivity index (χ0v) is 17.3. The van der Waals surface area contributed by atoms with Gasteiger partial charge in [0, 0.05) is 16.8 Å². The van der Waals surface area contributed by atoms with Gasteiger partial charge >= 0.3 is 0 Å². The van der Waals surface area contributed by atoms with Gasteiger partial charge in [-0.05, 0) is 56.3 Å². The van der Waals surface area contributed by atoms with Crippen LogP contribution in [0, 0.1) is 0 Å². The molecule has 2 aromatic carbocycles. The molecule has 146 valence electrons. The van der Waals surface area contributed by atoms with Crippen molar-refractivity contribution in [1.29, 1.82) is 0 Å². The summed E-state index contributed by atoms with van der Waals surface area (Å²) in [4.78, 5) is 29.7. The Hall–Kier alpha value is -2.51. The Kier molecular flexibility index (Phi) is 6.26. The first-order chi connectivity index (χ1) is 13.4. The molecule has 0 aliphatic carbocycles. The van der Waals surface area contributed by atoms with Gasteiger partial charge in [0.25, 0.3) is 5.56 Å². The molecule has 1 amide bonds. The van der Waals surface area contributed by atoms with Crippen LogP contribution in [0.4, 0.5) is 5.69 Å². The normalized spacial score (nSPS) is 11.0. The number of benzene rings is 2. The maximum atomic E-state index is 12.9. The molecule has 0 saturated heterocycles. The third kappa shape index (κ3) is 4.48. The summed E-state index contributed by atoms with van der Waals surface area (Å²) in [6.07, 6.45) is 0. The molecule has 0 bridgehead atoms. The highest BCUT2D eigenvalue weighted by Gasteiger charge is 2.15. The van der Waals surface area contributed by atoms with E-state index in [1.807, 2.05) is 13.8 Å². The Morgan fingerprint density at radius 1 is 1.25 bits per heavy atom. The Morgan fingerprint density at radius 2 is 1.96 bits per heavy atom. The van der Waals surface area contributed by atoms with E-state index in [1.165, 1.54) is 11.8 Å². The van der Waals surface area contributed by atoms with Gasteiger partial charge in [0.2, 0.25) is 5.91 Å². The lowest BCUT2D eigenvalue weighted by atomic mass is 10.2. The van der Waals surface area contributed by atoms with Gasteiger partial charge in [-0.2, -0.15) is 0 Å². The summed E-state index contributed by atoms with van der Waals surface area (Å²) >= 11 is 7.25. The van der Waals surface area contributed by atoms with E-state index in [4.69, 9.17) is 16.3 Å². The van der Waals surface area contributed by atoms with Crippen LogP contribution >= 0.6 is 23.4 Å². The van der Waals surface area contributed by atoms with Crippen molar-refractivity contribution in [2.45, 2.75) is 25.0 Å². The number of rotatable bonds is 6. The second-order valence-electron chi connectivity index (χ2n) is 6.39. The molecule has 1 N–H and O–H groups in total. The lowest BCUT2D eigenvalue weighted by Crippen LogP contribution is -2.25. The molecule has 3 rings (SSSR count). The van der Waals surface area contributed by atoms with Crippen LogP contribution in [0.25, 0.3) is 10.9 Å². The molecular formula is C20H20ClN3O3S. The number of hydrogen-bond acceptors (Lipinski definition) is 5. The quantitative estimate of drug-likeness (QED) is 0.476. The first-order valence-electron chi connectivity index (χ1n) is 8.67. The fourth-order valence-corrected chi connectivity index (χ4v) is 3.80. The van der Waals surface area contributed by atoms with Crippen LogP contribution in [0.15, 0.2) is 52.4 Å². The Morgan fingerprint density at radius 3 is 2.61 bits per heavy atom. The fourth-order valence-electron chi connectivity index (χ4n) is 2.71. The van der Waals surface area contributed by atoms with Crippen molar-refractivity contribution in [2.24, 2.45) is 0 Å². The largest absolute Gasteiger partial charge is 0.497 e. The number of hydrogen-bond donors (Lipinski definition) is 1. The van der Waals surface area contributed by atoms with E-state index in [-0.39, 0.29) is 23.3 Å². The predicted octanol–water partition coefficient (Wildman–Crippen LogP) is 4.37. The van der Waals surface area contributed by atoms with E-state index < -0.39 is 0 Å². The molecule has 0 aliphatic heterocycles. The molecule has 1 aromatic heterocycles. The van der Waals surface area contributed by atoms with Crippen LogP contribution < -0.4 is 15.6 Å². The van der Waals surface area contributed by atoms with Crippen molar-refractivity contribution in [3.63, 3.8) is 0 Å². The Bertz CT molecular complexity index is 1060. The minimum Gasteiger partial charge on any atom is -0.497 e. The predicted molar refractivity (Wildman–Crippen MR) is 114 cm³/mol. The van der Waals surface area contributed by atoms with E-state index in [9.17, 15) is 9.59 Å². The molecule has 0 atom stereocenters. The maximum absolute atomic E-state index is 12.9. The number of ether oxygens (including phenoxy) is 1. The van der Waals surface area contributed by atoms with E-state index in [0.717, 1.165) is 0 Å². The third-order valence-corrected chi connectivity index (χ3v) is 5.24. The number of amides is 1. The molecule has 0 aliphatic rings. The van der Waals surface area contributed by atoms with Crippen LogP contribution in [-0.2, 0) is 4.79 Å². The van der Waals surface area contributed by atoms with Gasteiger partial charge in [0.1, 0.15) is 5.75 Å². The zero-order chi connectivity index (χ0) is 20.3. The SMILES string of the molecule is COc1ccc(NC(=O)CSc2nc3cc(Cl)ccc3c(=O)n2C(C)C)cc1. The second kappa shape index (κ2) is 8.67. The number of anilines is 1. The Labute approximate surface area is 171 Å². The number of fused-ring (bicyclic) bond motifs is 1. The molecule has 28 heavy (non-hydrogen) atoms. The van der Waals surface area contributed by atoms with E-state index >= 15 is 0 Å². The van der Waals surface area contributed by atoms with Gasteiger partial charge in [-0.25, -0.2) is 4.98 Å². The highest BCUT2D eigenvalue weighted by Crippen LogP contribution is 2.23. The lowest BCUT2D eigenvalue weighted by molar-refractivity contribution is -0.113. The summed E-state index contributed by atoms with van der Waals surface area (Å²) in [5, 5.41) is 4.32. The van der Waals surface area contributed by atoms with Crippen molar-refractivity contribution < 1.29 is 9.53 Å². The summed E-state index contributed by atoms with van der Waals surface area (Å²) in [6.45, 7) is 3.82. The number of thioether (sulfide) groups is 1. The van der Waals surface area contributed by atoms with Gasteiger partial charge in [-0.3, -0.25) is 14.2 Å². The number of carbonyl (C=O) groups is 1. The van der Waals surface area contributed by atoms with Crippen LogP contribution in [0.2, 0.25) is 5.02 Å². The molecule has 1 heterocycles. The molecule has 0 fully saturated rings. The van der Waals surface area contributed by atoms with Crippen molar-refractivity contribution >= 4 is 45.9 Å². The van der Waals surface area contributed by atoms with Gasteiger partial charge < -0.3 is 10.1 Å². The summed E-state index contributed by atoms with van der Waals surface area (Å²) in [6, 6.07) is 12.0. The number of nitrogens with one attached hydrogen (secondary N) is 1. The van der Waals surface area contributed by atoms with Gasteiger partial charge in [0.05, 0.1) is 23.8 Å². The second-order valence-corrected chi connectivity index (χ2v) is 7.77. The highest BCUT2D eigenvalue weighted by atomic mass is 35.5. The van der Waals surface area contributed by atoms with E-state index in [0.29, 0.717) is 32.5 Å². The van der Waals surface area contributed by atoms with Crippen LogP contribution in [0.1, 0.15) is 19.9 Å². The van der Waals surface area contributed by atoms with E-state index in [2.05, 4.69) is 10.3 Å². The van der Waals surface area contributed by atoms with Crippen LogP contribution in [0.5, 0.6) is 5.75 Å². The molecule has 0 radical (unpaired) electrons. The van der Waals surface area contributed by atoms with Crippen LogP contribution in [0.3, 0.4) is 0 Å². The lowest BCUT2D eigenvalue weighted by Gasteiger charge is -2.16. The smallest absolute Gasteiger partial charge is 0.262 e. The number of aromatic nitrogens is 2. The average Bonchev–Trinajstić information content (AvgIpc) is 2.66. The van der Waals surface area contributed by atoms with Crippen molar-refractivity contribution in [2.75, 3.05) is 18.2 Å². The molecule has 3 aromatic rings. The Balaban J connectivity index is 1.81. The standard InChI is InChI=1S/C20H20ClN3O3S/c1-12(2)24-19(26)16-9-4-13(21)10-17(16)23-20(24)28-11-18(25)22-14-5-7-15(27-3)8-6-14/h4-10,12H,11H2,1-3H3,(H,22,25). The van der Waals surface area contributed by atoms with Crippen LogP contribution in [-0.4, -0.2) is 28.3 Å². The van der Waals surface area contributed by atoms with Gasteiger partial charge in [-0.1, -0.05) is 23.4 Å². The molecule has 0 unspecified atom stereocenters. The summed E-state index contributed by atoms with van der Waals surface area (Å²) in [5.74, 6) is 0.648. The van der Waals surface area contributed by atoms with Gasteiger partial charge in [-0.15, -0.1) is 0 Å². The first kappa shape index (κ1) is 20.2. The molecule has 0 spiro atoms. The molecular weight excluding hydrogens is 398 g/mol. The van der Waals surface area contributed by atoms with Crippen molar-refractivity contribution in [3.8, 4) is 5.75 Å². The number of methoxy groups -OCH3 is 1. The third-order valence-electron chi connectivity index (χ3n) is 4.05. The fraction of sp³-hybridized carbons (Fsp3) is 0.250. The average molecular weight is 418 g/mol. The minimum atomic E-state index is -0.189. The van der Waals surface area contributed by atoms with Crippen molar-refractivity contribution in [1.82, 2.24) is 9.55 Å². The molecule has 8 heteroatoms. The summed E-state index contributed by atoms with van der Waals surface area (Å²) in [5.41, 5.74) is 1.05. The first-order valence-corrected chi connectivity index (χ1v) is 10.0. The number of nitrogens with zero attached hydrogens (tertiary/aromatic N) is 2. The van der Waals surface area contributed by atoms with Gasteiger partial charge in [0.15, 0.2) is 5.16 Å². The molecule has 6 nitrogen and oxygen atoms in total. The monoisotopic (exact) mass is 417 g/mol. The zero-order valence-electron chi connectivity index (χ0n) is 15.7. The summed E-state index contributed by atoms with van der Waals surface area (Å²) in [7, 11) is 1.59. The number of carbonyl (C=O) groups excluding carboxylic acids is 1. The highest BCUT2D eigenvalue weighted by molar-refractivity contribution is 7.99. The maximum Gasteiger partial charge on any atom is 0.262 e. The van der Waals surface area contributed by atoms with E-state index in [1.54, 1.807) is 54.1 Å². The van der Waals surface area contributed by atoms with Crippen molar-refractivity contribution in [3.05, 3.63) is 57.8 Å². The minimum absolute atomic E-state index is 0.0905. The topological polar surface area (TPSA) is 73.2 Å². The summed E-state index contributed by atoms with van der Waals surface area (Å²) < 4.78 is 6.70. The number of halogens is 1. The molecule has 0 saturated carbocycles.